The number of benzene rings is 1. The summed E-state index contributed by atoms with van der Waals surface area (Å²) in [6.45, 7) is 9.47. The number of likely N-dealkylation sites (tertiary alicyclic amines) is 1. The van der Waals surface area contributed by atoms with Gasteiger partial charge in [-0.1, -0.05) is 46.6 Å². The Kier molecular flexibility index (Phi) is 9.57. The molecule has 3 aliphatic rings. The first-order valence-corrected chi connectivity index (χ1v) is 14.7. The first-order chi connectivity index (χ1) is 18.7. The van der Waals surface area contributed by atoms with Crippen molar-refractivity contribution in [3.05, 3.63) is 54.6 Å². The highest BCUT2D eigenvalue weighted by Gasteiger charge is 2.77. The third-order valence-electron chi connectivity index (χ3n) is 8.07. The van der Waals surface area contributed by atoms with Crippen LogP contribution >= 0.6 is 27.5 Å². The smallest absolute Gasteiger partial charge is 0.312 e. The average molecular weight is 624 g/mol. The van der Waals surface area contributed by atoms with E-state index in [1.807, 2.05) is 13.0 Å². The minimum atomic E-state index is -1.24. The Bertz CT molecular complexity index is 1100. The molecule has 1 spiro atoms. The Morgan fingerprint density at radius 1 is 1.31 bits per heavy atom. The molecular weight excluding hydrogens is 588 g/mol. The van der Waals surface area contributed by atoms with Gasteiger partial charge in [0, 0.05) is 22.1 Å². The summed E-state index contributed by atoms with van der Waals surface area (Å²) in [6, 6.07) is 5.18. The van der Waals surface area contributed by atoms with Crippen LogP contribution in [0.3, 0.4) is 0 Å². The number of aliphatic hydroxyl groups is 1. The van der Waals surface area contributed by atoms with Gasteiger partial charge in [0.25, 0.3) is 5.91 Å². The van der Waals surface area contributed by atoms with Gasteiger partial charge in [-0.3, -0.25) is 14.4 Å². The third-order valence-corrected chi connectivity index (χ3v) is 9.17. The van der Waals surface area contributed by atoms with E-state index < -0.39 is 41.6 Å². The van der Waals surface area contributed by atoms with E-state index >= 15 is 0 Å². The van der Waals surface area contributed by atoms with E-state index in [0.29, 0.717) is 30.0 Å². The minimum Gasteiger partial charge on any atom is -0.465 e. The Labute approximate surface area is 243 Å². The molecule has 1 aromatic rings. The van der Waals surface area contributed by atoms with Crippen molar-refractivity contribution in [2.24, 2.45) is 11.8 Å². The van der Waals surface area contributed by atoms with Gasteiger partial charge in [0.05, 0.1) is 37.2 Å². The molecule has 3 heterocycles. The van der Waals surface area contributed by atoms with E-state index in [9.17, 15) is 19.5 Å². The predicted octanol–water partition coefficient (Wildman–Crippen LogP) is 4.28. The molecule has 8 nitrogen and oxygen atoms in total. The Morgan fingerprint density at radius 2 is 2.03 bits per heavy atom. The van der Waals surface area contributed by atoms with Gasteiger partial charge in [-0.25, -0.2) is 0 Å². The summed E-state index contributed by atoms with van der Waals surface area (Å²) in [5.74, 6) is -2.95. The van der Waals surface area contributed by atoms with E-state index in [1.54, 1.807) is 35.2 Å². The van der Waals surface area contributed by atoms with Gasteiger partial charge in [0.1, 0.15) is 11.6 Å². The first kappa shape index (κ1) is 29.8. The maximum atomic E-state index is 14.4. The van der Waals surface area contributed by atoms with Crippen molar-refractivity contribution in [3.8, 4) is 0 Å². The molecule has 1 aromatic carbocycles. The number of alkyl halides is 1. The molecule has 2 amide bonds. The number of carbonyl (C=O) groups is 3. The van der Waals surface area contributed by atoms with E-state index in [-0.39, 0.29) is 36.4 Å². The number of amides is 2. The van der Waals surface area contributed by atoms with Crippen molar-refractivity contribution in [1.82, 2.24) is 4.90 Å². The van der Waals surface area contributed by atoms with Crippen molar-refractivity contribution < 1.29 is 29.0 Å². The quantitative estimate of drug-likeness (QED) is 0.153. The fraction of sp³-hybridized carbons (Fsp3) is 0.552. The number of unbranched alkanes of at least 4 members (excludes halogenated alkanes) is 2. The average Bonchev–Trinajstić information content (AvgIpc) is 3.52. The number of hydrogen-bond donors (Lipinski definition) is 1. The zero-order valence-electron chi connectivity index (χ0n) is 22.1. The highest BCUT2D eigenvalue weighted by atomic mass is 79.9. The fourth-order valence-corrected chi connectivity index (χ4v) is 7.37. The summed E-state index contributed by atoms with van der Waals surface area (Å²) < 4.78 is 12.2. The molecular formula is C29H36BrClN2O6. The predicted molar refractivity (Wildman–Crippen MR) is 153 cm³/mol. The molecule has 39 heavy (non-hydrogen) atoms. The number of halogens is 2. The Balaban J connectivity index is 1.72. The van der Waals surface area contributed by atoms with Gasteiger partial charge in [-0.2, -0.15) is 0 Å². The van der Waals surface area contributed by atoms with Crippen molar-refractivity contribution in [3.63, 3.8) is 0 Å². The number of nitrogens with zero attached hydrogens (tertiary/aromatic N) is 2. The van der Waals surface area contributed by atoms with Crippen molar-refractivity contribution in [2.45, 2.75) is 67.6 Å². The second-order valence-corrected chi connectivity index (χ2v) is 11.9. The number of aliphatic hydroxyl groups excluding tert-OH is 1. The number of anilines is 1. The number of rotatable bonds is 13. The highest BCUT2D eigenvalue weighted by molar-refractivity contribution is 9.09. The van der Waals surface area contributed by atoms with Gasteiger partial charge < -0.3 is 24.4 Å². The Morgan fingerprint density at radius 3 is 2.64 bits per heavy atom. The van der Waals surface area contributed by atoms with Crippen LogP contribution in [-0.2, 0) is 23.9 Å². The van der Waals surface area contributed by atoms with Crippen LogP contribution in [0.15, 0.2) is 49.6 Å². The maximum absolute atomic E-state index is 14.4. The summed E-state index contributed by atoms with van der Waals surface area (Å²) in [4.78, 5) is 44.7. The lowest BCUT2D eigenvalue weighted by atomic mass is 9.70. The highest BCUT2D eigenvalue weighted by Crippen LogP contribution is 2.60. The van der Waals surface area contributed by atoms with E-state index in [4.69, 9.17) is 21.1 Å². The molecule has 3 unspecified atom stereocenters. The number of hydrogen-bond acceptors (Lipinski definition) is 6. The van der Waals surface area contributed by atoms with Gasteiger partial charge in [0.2, 0.25) is 5.91 Å². The fourth-order valence-electron chi connectivity index (χ4n) is 6.30. The maximum Gasteiger partial charge on any atom is 0.312 e. The van der Waals surface area contributed by atoms with Crippen molar-refractivity contribution >= 4 is 51.0 Å². The summed E-state index contributed by atoms with van der Waals surface area (Å²) in [5.41, 5.74) is -0.652. The van der Waals surface area contributed by atoms with Gasteiger partial charge in [-0.15, -0.1) is 13.2 Å². The molecule has 3 aliphatic heterocycles. The zero-order chi connectivity index (χ0) is 28.3. The lowest BCUT2D eigenvalue weighted by Crippen LogP contribution is -2.59. The molecule has 0 aliphatic carbocycles. The standard InChI is InChI=1S/C29H36BrClN2O6/c1-4-7-8-9-15-38-28(37)22-23-26(35)33(19(6-3)17-34)25(29(23)16-21(30)24(22)39-29)27(36)32(14-5-2)20-12-10-18(31)11-13-20/h4-5,10-13,19,21-25,34H,1-2,6-9,14-17H2,3H3/t19-,21?,22-,23-,24-,25?,29?/m0/s1. The summed E-state index contributed by atoms with van der Waals surface area (Å²) >= 11 is 9.76. The Hall–Kier alpha value is -2.20. The second-order valence-electron chi connectivity index (χ2n) is 10.3. The summed E-state index contributed by atoms with van der Waals surface area (Å²) in [7, 11) is 0. The number of allylic oxidation sites excluding steroid dienone is 1. The molecule has 3 fully saturated rings. The lowest BCUT2D eigenvalue weighted by Gasteiger charge is -2.39. The summed E-state index contributed by atoms with van der Waals surface area (Å²) in [6.07, 6.45) is 5.98. The van der Waals surface area contributed by atoms with Gasteiger partial charge in [0.15, 0.2) is 0 Å². The molecule has 0 saturated carbocycles. The molecule has 7 atom stereocenters. The van der Waals surface area contributed by atoms with E-state index in [2.05, 4.69) is 29.1 Å². The number of fused-ring (bicyclic) bond motifs is 1. The van der Waals surface area contributed by atoms with Crippen LogP contribution in [0, 0.1) is 11.8 Å². The van der Waals surface area contributed by atoms with Crippen LogP contribution in [0.5, 0.6) is 0 Å². The minimum absolute atomic E-state index is 0.188. The molecule has 212 valence electrons. The van der Waals surface area contributed by atoms with Gasteiger partial charge >= 0.3 is 5.97 Å². The number of ether oxygens (including phenoxy) is 2. The molecule has 4 rings (SSSR count). The molecule has 0 radical (unpaired) electrons. The van der Waals surface area contributed by atoms with Crippen molar-refractivity contribution in [1.29, 1.82) is 0 Å². The SMILES string of the molecule is C=CCCCCOC(=O)[C@H]1[C@H]2C(=O)N([C@@H](CC)CO)C(C(=O)N(CC=C)c3ccc(Cl)cc3)C23CC(Br)[C@@H]1O3. The van der Waals surface area contributed by atoms with Crippen LogP contribution in [0.25, 0.3) is 0 Å². The van der Waals surface area contributed by atoms with E-state index in [1.165, 1.54) is 4.90 Å². The largest absolute Gasteiger partial charge is 0.465 e. The first-order valence-electron chi connectivity index (χ1n) is 13.5. The zero-order valence-corrected chi connectivity index (χ0v) is 24.5. The monoisotopic (exact) mass is 622 g/mol. The van der Waals surface area contributed by atoms with Crippen LogP contribution < -0.4 is 4.90 Å². The molecule has 1 N–H and O–H groups in total. The van der Waals surface area contributed by atoms with Crippen LogP contribution in [0.1, 0.15) is 39.0 Å². The van der Waals surface area contributed by atoms with Crippen LogP contribution in [0.4, 0.5) is 5.69 Å². The number of carbonyl (C=O) groups excluding carboxylic acids is 3. The molecule has 2 bridgehead atoms. The lowest BCUT2D eigenvalue weighted by molar-refractivity contribution is -0.155. The summed E-state index contributed by atoms with van der Waals surface area (Å²) in [5, 5.41) is 10.8. The third kappa shape index (κ3) is 5.31. The molecule has 10 heteroatoms. The van der Waals surface area contributed by atoms with Crippen LogP contribution in [0.2, 0.25) is 5.02 Å². The molecule has 3 saturated heterocycles. The van der Waals surface area contributed by atoms with Crippen molar-refractivity contribution in [2.75, 3.05) is 24.7 Å². The van der Waals surface area contributed by atoms with Gasteiger partial charge in [-0.05, 0) is 56.4 Å². The number of esters is 1. The normalized spacial score (nSPS) is 29.7. The topological polar surface area (TPSA) is 96.4 Å². The molecule has 0 aromatic heterocycles. The second kappa shape index (κ2) is 12.5. The van der Waals surface area contributed by atoms with E-state index in [0.717, 1.165) is 12.8 Å². The van der Waals surface area contributed by atoms with Crippen LogP contribution in [-0.4, -0.2) is 76.2 Å².